The van der Waals surface area contributed by atoms with Gasteiger partial charge in [0.1, 0.15) is 0 Å². The van der Waals surface area contributed by atoms with Crippen LogP contribution in [0.3, 0.4) is 0 Å². The Morgan fingerprint density at radius 2 is 2.06 bits per heavy atom. The maximum Gasteiger partial charge on any atom is 0.154 e. The molecule has 0 saturated heterocycles. The number of rotatable bonds is 4. The van der Waals surface area contributed by atoms with Crippen LogP contribution in [0.15, 0.2) is 22.9 Å². The molecule has 1 heterocycles. The second-order valence-electron chi connectivity index (χ2n) is 4.70. The van der Waals surface area contributed by atoms with Gasteiger partial charge in [0.25, 0.3) is 0 Å². The molecule has 0 amide bonds. The lowest BCUT2D eigenvalue weighted by Crippen LogP contribution is -2.49. The maximum absolute atomic E-state index is 11.6. The molecule has 1 aromatic heterocycles. The van der Waals surface area contributed by atoms with Gasteiger partial charge in [0.05, 0.1) is 4.75 Å². The van der Waals surface area contributed by atoms with Crippen LogP contribution in [-0.4, -0.2) is 30.4 Å². The molecule has 0 radical (unpaired) electrons. The summed E-state index contributed by atoms with van der Waals surface area (Å²) in [6.45, 7) is 3.30. The van der Waals surface area contributed by atoms with Crippen molar-refractivity contribution in [1.29, 1.82) is 0 Å². The monoisotopic (exact) mass is 320 g/mol. The molecule has 6 heteroatoms. The van der Waals surface area contributed by atoms with Crippen molar-refractivity contribution < 1.29 is 8.42 Å². The highest BCUT2D eigenvalue weighted by molar-refractivity contribution is 9.10. The fourth-order valence-corrected chi connectivity index (χ4v) is 2.39. The van der Waals surface area contributed by atoms with E-state index in [1.54, 1.807) is 26.2 Å². The number of sulfone groups is 1. The van der Waals surface area contributed by atoms with Gasteiger partial charge < -0.3 is 5.73 Å². The van der Waals surface area contributed by atoms with Crippen LogP contribution >= 0.6 is 15.9 Å². The molecule has 1 unspecified atom stereocenters. The van der Waals surface area contributed by atoms with Crippen molar-refractivity contribution in [3.05, 3.63) is 28.5 Å². The first-order chi connectivity index (χ1) is 7.64. The van der Waals surface area contributed by atoms with Gasteiger partial charge in [0, 0.05) is 29.2 Å². The van der Waals surface area contributed by atoms with Crippen molar-refractivity contribution in [1.82, 2.24) is 4.98 Å². The van der Waals surface area contributed by atoms with Crippen LogP contribution < -0.4 is 5.73 Å². The molecule has 0 bridgehead atoms. The molecule has 1 atom stereocenters. The normalized spacial score (nSPS) is 14.6. The minimum absolute atomic E-state index is 0.464. The summed E-state index contributed by atoms with van der Waals surface area (Å²) in [6.07, 6.45) is 5.07. The molecule has 0 aliphatic rings. The van der Waals surface area contributed by atoms with Crippen LogP contribution in [-0.2, 0) is 16.3 Å². The summed E-state index contributed by atoms with van der Waals surface area (Å²) < 4.78 is 23.2. The highest BCUT2D eigenvalue weighted by Crippen LogP contribution is 2.22. The Hall–Kier alpha value is -0.460. The molecule has 17 heavy (non-hydrogen) atoms. The van der Waals surface area contributed by atoms with E-state index in [1.165, 1.54) is 6.26 Å². The van der Waals surface area contributed by atoms with E-state index >= 15 is 0 Å². The molecule has 0 spiro atoms. The minimum Gasteiger partial charge on any atom is -0.326 e. The summed E-state index contributed by atoms with van der Waals surface area (Å²) in [7, 11) is -3.19. The zero-order valence-electron chi connectivity index (χ0n) is 10.1. The topological polar surface area (TPSA) is 73.0 Å². The summed E-state index contributed by atoms with van der Waals surface area (Å²) in [5.74, 6) is 0. The average Bonchev–Trinajstić information content (AvgIpc) is 2.15. The van der Waals surface area contributed by atoms with E-state index in [0.717, 1.165) is 10.0 Å². The van der Waals surface area contributed by atoms with E-state index in [4.69, 9.17) is 5.73 Å². The first kappa shape index (κ1) is 14.6. The second kappa shape index (κ2) is 5.04. The molecule has 0 aliphatic carbocycles. The number of hydrogen-bond acceptors (Lipinski definition) is 4. The number of nitrogens with zero attached hydrogens (tertiary/aromatic N) is 1. The SMILES string of the molecule is CC(C)(C(N)Cc1cncc(Br)c1)S(C)(=O)=O. The van der Waals surface area contributed by atoms with Crippen molar-refractivity contribution in [3.63, 3.8) is 0 Å². The molecule has 0 aliphatic heterocycles. The van der Waals surface area contributed by atoms with E-state index in [-0.39, 0.29) is 0 Å². The first-order valence-corrected chi connectivity index (χ1v) is 7.87. The third-order valence-electron chi connectivity index (χ3n) is 3.07. The van der Waals surface area contributed by atoms with Gasteiger partial charge >= 0.3 is 0 Å². The Morgan fingerprint density at radius 1 is 1.47 bits per heavy atom. The maximum atomic E-state index is 11.6. The molecule has 4 nitrogen and oxygen atoms in total. The molecule has 96 valence electrons. The van der Waals surface area contributed by atoms with Crippen LogP contribution in [0.5, 0.6) is 0 Å². The Kier molecular flexibility index (Phi) is 4.33. The number of aromatic nitrogens is 1. The highest BCUT2D eigenvalue weighted by Gasteiger charge is 2.36. The van der Waals surface area contributed by atoms with Crippen LogP contribution in [0.1, 0.15) is 19.4 Å². The second-order valence-corrected chi connectivity index (χ2v) is 8.21. The van der Waals surface area contributed by atoms with Gasteiger partial charge in [-0.15, -0.1) is 0 Å². The van der Waals surface area contributed by atoms with Gasteiger partial charge in [0.2, 0.25) is 0 Å². The molecule has 1 aromatic rings. The van der Waals surface area contributed by atoms with E-state index in [1.807, 2.05) is 6.07 Å². The molecule has 1 rings (SSSR count). The summed E-state index contributed by atoms with van der Waals surface area (Å²) in [4.78, 5) is 4.03. The van der Waals surface area contributed by atoms with Crippen molar-refractivity contribution in [2.75, 3.05) is 6.26 Å². The smallest absolute Gasteiger partial charge is 0.154 e. The van der Waals surface area contributed by atoms with Crippen LogP contribution in [0.25, 0.3) is 0 Å². The summed E-state index contributed by atoms with van der Waals surface area (Å²) in [5.41, 5.74) is 6.92. The van der Waals surface area contributed by atoms with E-state index < -0.39 is 20.6 Å². The van der Waals surface area contributed by atoms with Gasteiger partial charge in [-0.2, -0.15) is 0 Å². The predicted molar refractivity (Wildman–Crippen MR) is 72.5 cm³/mol. The van der Waals surface area contributed by atoms with E-state index in [9.17, 15) is 8.42 Å². The fraction of sp³-hybridized carbons (Fsp3) is 0.545. The molecule has 2 N–H and O–H groups in total. The average molecular weight is 321 g/mol. The number of halogens is 1. The van der Waals surface area contributed by atoms with Gasteiger partial charge in [-0.3, -0.25) is 4.98 Å². The summed E-state index contributed by atoms with van der Waals surface area (Å²) >= 11 is 3.32. The third kappa shape index (κ3) is 3.50. The molecular weight excluding hydrogens is 304 g/mol. The fourth-order valence-electron chi connectivity index (χ4n) is 1.34. The van der Waals surface area contributed by atoms with Crippen molar-refractivity contribution >= 4 is 25.8 Å². The molecular formula is C11H17BrN2O2S. The Morgan fingerprint density at radius 3 is 2.53 bits per heavy atom. The van der Waals surface area contributed by atoms with Crippen LogP contribution in [0, 0.1) is 0 Å². The largest absolute Gasteiger partial charge is 0.326 e. The number of pyridine rings is 1. The quantitative estimate of drug-likeness (QED) is 0.913. The Balaban J connectivity index is 2.90. The molecule has 0 fully saturated rings. The zero-order valence-corrected chi connectivity index (χ0v) is 12.5. The standard InChI is InChI=1S/C11H17BrN2O2S/c1-11(2,17(3,15)16)10(13)5-8-4-9(12)7-14-6-8/h4,6-7,10H,5,13H2,1-3H3. The van der Waals surface area contributed by atoms with Crippen molar-refractivity contribution in [3.8, 4) is 0 Å². The Labute approximate surface area is 111 Å². The summed E-state index contributed by atoms with van der Waals surface area (Å²) in [6, 6.07) is 1.43. The number of hydrogen-bond donors (Lipinski definition) is 1. The lowest BCUT2D eigenvalue weighted by Gasteiger charge is -2.29. The van der Waals surface area contributed by atoms with Crippen LogP contribution in [0.4, 0.5) is 0 Å². The van der Waals surface area contributed by atoms with Gasteiger partial charge in [-0.25, -0.2) is 8.42 Å². The van der Waals surface area contributed by atoms with Gasteiger partial charge in [-0.1, -0.05) is 0 Å². The Bertz CT molecular complexity index is 500. The van der Waals surface area contributed by atoms with E-state index in [0.29, 0.717) is 6.42 Å². The lowest BCUT2D eigenvalue weighted by atomic mass is 9.97. The van der Waals surface area contributed by atoms with Crippen molar-refractivity contribution in [2.45, 2.75) is 31.1 Å². The summed E-state index contributed by atoms with van der Waals surface area (Å²) in [5, 5.41) is 0. The third-order valence-corrected chi connectivity index (χ3v) is 5.71. The first-order valence-electron chi connectivity index (χ1n) is 5.19. The number of nitrogens with two attached hydrogens (primary N) is 1. The van der Waals surface area contributed by atoms with E-state index in [2.05, 4.69) is 20.9 Å². The lowest BCUT2D eigenvalue weighted by molar-refractivity contribution is 0.481. The van der Waals surface area contributed by atoms with Crippen LogP contribution in [0.2, 0.25) is 0 Å². The predicted octanol–water partition coefficient (Wildman–Crippen LogP) is 1.54. The van der Waals surface area contributed by atoms with Crippen molar-refractivity contribution in [2.24, 2.45) is 5.73 Å². The van der Waals surface area contributed by atoms with Gasteiger partial charge in [0.15, 0.2) is 9.84 Å². The molecule has 0 saturated carbocycles. The minimum atomic E-state index is -3.19. The molecule has 0 aromatic carbocycles. The van der Waals surface area contributed by atoms with Gasteiger partial charge in [-0.05, 0) is 47.8 Å². The highest BCUT2D eigenvalue weighted by atomic mass is 79.9. The zero-order chi connectivity index (χ0) is 13.3.